The topological polar surface area (TPSA) is 32.3 Å². The summed E-state index contributed by atoms with van der Waals surface area (Å²) in [4.78, 5) is 14.7. The van der Waals surface area contributed by atoms with E-state index in [0.717, 1.165) is 29.2 Å². The Labute approximate surface area is 145 Å². The van der Waals surface area contributed by atoms with Crippen LogP contribution < -0.4 is 10.2 Å². The fourth-order valence-corrected chi connectivity index (χ4v) is 3.33. The van der Waals surface area contributed by atoms with Crippen LogP contribution in [-0.4, -0.2) is 19.0 Å². The van der Waals surface area contributed by atoms with Gasteiger partial charge in [-0.15, -0.1) is 0 Å². The summed E-state index contributed by atoms with van der Waals surface area (Å²) in [5, 5.41) is 2.95. The summed E-state index contributed by atoms with van der Waals surface area (Å²) >= 11 is 3.41. The molecule has 3 nitrogen and oxygen atoms in total. The molecule has 1 saturated heterocycles. The summed E-state index contributed by atoms with van der Waals surface area (Å²) < 4.78 is 0.802. The van der Waals surface area contributed by atoms with Crippen molar-refractivity contribution in [1.29, 1.82) is 0 Å². The minimum Gasteiger partial charge on any atom is -0.372 e. The molecule has 0 radical (unpaired) electrons. The summed E-state index contributed by atoms with van der Waals surface area (Å²) in [5.41, 5.74) is 2.69. The van der Waals surface area contributed by atoms with E-state index in [0.29, 0.717) is 5.56 Å². The monoisotopic (exact) mass is 372 g/mol. The zero-order valence-electron chi connectivity index (χ0n) is 13.3. The molecule has 0 aromatic heterocycles. The highest BCUT2D eigenvalue weighted by atomic mass is 79.9. The molecule has 2 aromatic rings. The molecule has 0 aliphatic carbocycles. The molecule has 0 spiro atoms. The van der Waals surface area contributed by atoms with E-state index in [1.165, 1.54) is 18.5 Å². The number of hydrogen-bond acceptors (Lipinski definition) is 2. The zero-order valence-corrected chi connectivity index (χ0v) is 14.8. The number of piperidine rings is 1. The second-order valence-corrected chi connectivity index (χ2v) is 7.00. The third kappa shape index (κ3) is 3.94. The number of nitrogens with one attached hydrogen (secondary N) is 1. The van der Waals surface area contributed by atoms with Crippen LogP contribution in [0.3, 0.4) is 0 Å². The van der Waals surface area contributed by atoms with Gasteiger partial charge in [0.05, 0.1) is 5.56 Å². The third-order valence-electron chi connectivity index (χ3n) is 4.39. The Bertz CT molecular complexity index is 676. The van der Waals surface area contributed by atoms with Crippen LogP contribution >= 0.6 is 15.9 Å². The van der Waals surface area contributed by atoms with Gasteiger partial charge in [-0.25, -0.2) is 0 Å². The first-order valence-corrected chi connectivity index (χ1v) is 8.83. The van der Waals surface area contributed by atoms with Crippen LogP contribution in [0.1, 0.15) is 30.1 Å². The number of carbonyl (C=O) groups excluding carboxylic acids is 1. The Kier molecular flexibility index (Phi) is 5.01. The average Bonchev–Trinajstić information content (AvgIpc) is 2.57. The van der Waals surface area contributed by atoms with Crippen LogP contribution in [0, 0.1) is 5.92 Å². The van der Waals surface area contributed by atoms with Gasteiger partial charge in [0.15, 0.2) is 0 Å². The van der Waals surface area contributed by atoms with Gasteiger partial charge >= 0.3 is 0 Å². The minimum atomic E-state index is -0.1000. The van der Waals surface area contributed by atoms with Crippen molar-refractivity contribution in [3.8, 4) is 0 Å². The Morgan fingerprint density at radius 1 is 1.09 bits per heavy atom. The van der Waals surface area contributed by atoms with Gasteiger partial charge in [0, 0.05) is 28.9 Å². The van der Waals surface area contributed by atoms with E-state index in [9.17, 15) is 4.79 Å². The lowest BCUT2D eigenvalue weighted by atomic mass is 9.99. The van der Waals surface area contributed by atoms with Crippen molar-refractivity contribution in [3.05, 3.63) is 58.6 Å². The van der Waals surface area contributed by atoms with Crippen molar-refractivity contribution >= 4 is 33.2 Å². The predicted octanol–water partition coefficient (Wildman–Crippen LogP) is 4.94. The largest absolute Gasteiger partial charge is 0.372 e. The van der Waals surface area contributed by atoms with Crippen LogP contribution in [0.25, 0.3) is 0 Å². The van der Waals surface area contributed by atoms with E-state index in [4.69, 9.17) is 0 Å². The van der Waals surface area contributed by atoms with Crippen molar-refractivity contribution < 1.29 is 4.79 Å². The number of nitrogens with zero attached hydrogens (tertiary/aromatic N) is 1. The first-order chi connectivity index (χ1) is 11.1. The third-order valence-corrected chi connectivity index (χ3v) is 5.08. The second kappa shape index (κ2) is 7.18. The van der Waals surface area contributed by atoms with E-state index in [-0.39, 0.29) is 5.91 Å². The summed E-state index contributed by atoms with van der Waals surface area (Å²) in [7, 11) is 0. The van der Waals surface area contributed by atoms with Crippen molar-refractivity contribution in [3.63, 3.8) is 0 Å². The van der Waals surface area contributed by atoms with Crippen molar-refractivity contribution in [2.45, 2.75) is 19.8 Å². The van der Waals surface area contributed by atoms with Crippen molar-refractivity contribution in [2.75, 3.05) is 23.3 Å². The minimum absolute atomic E-state index is 0.1000. The average molecular weight is 373 g/mol. The smallest absolute Gasteiger partial charge is 0.256 e. The first-order valence-electron chi connectivity index (χ1n) is 8.04. The second-order valence-electron chi connectivity index (χ2n) is 6.15. The molecule has 1 N–H and O–H groups in total. The number of anilines is 2. The van der Waals surface area contributed by atoms with Crippen LogP contribution in [0.15, 0.2) is 53.0 Å². The highest BCUT2D eigenvalue weighted by molar-refractivity contribution is 9.10. The Balaban J connectivity index is 1.66. The summed E-state index contributed by atoms with van der Waals surface area (Å²) in [6, 6.07) is 15.6. The molecule has 120 valence electrons. The van der Waals surface area contributed by atoms with E-state index in [1.54, 1.807) is 0 Å². The molecule has 3 rings (SSSR count). The van der Waals surface area contributed by atoms with Crippen LogP contribution in [0.2, 0.25) is 0 Å². The Morgan fingerprint density at radius 3 is 2.39 bits per heavy atom. The highest BCUT2D eigenvalue weighted by Crippen LogP contribution is 2.25. The molecule has 1 fully saturated rings. The maximum Gasteiger partial charge on any atom is 0.256 e. The van der Waals surface area contributed by atoms with Gasteiger partial charge in [0.1, 0.15) is 0 Å². The Morgan fingerprint density at radius 2 is 1.74 bits per heavy atom. The maximum absolute atomic E-state index is 12.3. The standard InChI is InChI=1S/C19H21BrN2O/c1-14-10-12-22(13-11-14)16-8-6-15(7-9-16)21-19(23)17-4-2-3-5-18(17)20/h2-9,14H,10-13H2,1H3,(H,21,23). The lowest BCUT2D eigenvalue weighted by Gasteiger charge is -2.32. The molecule has 2 aromatic carbocycles. The number of amides is 1. The van der Waals surface area contributed by atoms with Gasteiger partial charge in [-0.3, -0.25) is 4.79 Å². The van der Waals surface area contributed by atoms with Crippen LogP contribution in [0.5, 0.6) is 0 Å². The molecule has 4 heteroatoms. The fraction of sp³-hybridized carbons (Fsp3) is 0.316. The molecule has 0 bridgehead atoms. The van der Waals surface area contributed by atoms with Gasteiger partial charge in [0.2, 0.25) is 0 Å². The van der Waals surface area contributed by atoms with E-state index in [1.807, 2.05) is 36.4 Å². The normalized spacial score (nSPS) is 15.5. The van der Waals surface area contributed by atoms with Crippen LogP contribution in [-0.2, 0) is 0 Å². The van der Waals surface area contributed by atoms with Gasteiger partial charge in [0.25, 0.3) is 5.91 Å². The molecule has 0 unspecified atom stereocenters. The number of hydrogen-bond donors (Lipinski definition) is 1. The summed E-state index contributed by atoms with van der Waals surface area (Å²) in [5.74, 6) is 0.728. The van der Waals surface area contributed by atoms with E-state index in [2.05, 4.69) is 45.2 Å². The Hall–Kier alpha value is -1.81. The molecule has 0 atom stereocenters. The summed E-state index contributed by atoms with van der Waals surface area (Å²) in [6.07, 6.45) is 2.50. The number of carbonyl (C=O) groups is 1. The van der Waals surface area contributed by atoms with Gasteiger partial charge in [-0.1, -0.05) is 19.1 Å². The van der Waals surface area contributed by atoms with Crippen molar-refractivity contribution in [2.24, 2.45) is 5.92 Å². The zero-order chi connectivity index (χ0) is 16.2. The molecule has 1 amide bonds. The highest BCUT2D eigenvalue weighted by Gasteiger charge is 2.16. The van der Waals surface area contributed by atoms with Crippen molar-refractivity contribution in [1.82, 2.24) is 0 Å². The SMILES string of the molecule is CC1CCN(c2ccc(NC(=O)c3ccccc3Br)cc2)CC1. The number of benzene rings is 2. The van der Waals surface area contributed by atoms with Gasteiger partial charge in [-0.05, 0) is 71.1 Å². The van der Waals surface area contributed by atoms with Gasteiger partial charge in [-0.2, -0.15) is 0 Å². The van der Waals surface area contributed by atoms with Crippen LogP contribution in [0.4, 0.5) is 11.4 Å². The number of halogens is 1. The number of rotatable bonds is 3. The lowest BCUT2D eigenvalue weighted by molar-refractivity contribution is 0.102. The molecule has 0 saturated carbocycles. The van der Waals surface area contributed by atoms with Gasteiger partial charge < -0.3 is 10.2 Å². The first kappa shape index (κ1) is 16.1. The molecular formula is C19H21BrN2O. The van der Waals surface area contributed by atoms with E-state index < -0.39 is 0 Å². The summed E-state index contributed by atoms with van der Waals surface area (Å²) in [6.45, 7) is 4.55. The lowest BCUT2D eigenvalue weighted by Crippen LogP contribution is -2.32. The fourth-order valence-electron chi connectivity index (χ4n) is 2.87. The van der Waals surface area contributed by atoms with E-state index >= 15 is 0 Å². The molecule has 23 heavy (non-hydrogen) atoms. The quantitative estimate of drug-likeness (QED) is 0.827. The maximum atomic E-state index is 12.3. The predicted molar refractivity (Wildman–Crippen MR) is 99.1 cm³/mol. The molecular weight excluding hydrogens is 352 g/mol. The molecule has 1 aliphatic rings. The molecule has 1 heterocycles. The molecule has 1 aliphatic heterocycles.